The number of nitrogens with zero attached hydrogens (tertiary/aromatic N) is 2. The van der Waals surface area contributed by atoms with Crippen LogP contribution < -0.4 is 10.1 Å². The van der Waals surface area contributed by atoms with Gasteiger partial charge in [-0.1, -0.05) is 23.2 Å². The zero-order valence-corrected chi connectivity index (χ0v) is 16.6. The molecule has 1 heterocycles. The lowest BCUT2D eigenvalue weighted by atomic mass is 10.3. The Balaban J connectivity index is 1.89. The van der Waals surface area contributed by atoms with Crippen LogP contribution in [0.25, 0.3) is 0 Å². The summed E-state index contributed by atoms with van der Waals surface area (Å²) in [4.78, 5) is 28.3. The summed E-state index contributed by atoms with van der Waals surface area (Å²) in [5, 5.41) is 3.69. The van der Waals surface area contributed by atoms with E-state index in [9.17, 15) is 9.59 Å². The van der Waals surface area contributed by atoms with E-state index < -0.39 is 6.10 Å². The third kappa shape index (κ3) is 6.04. The van der Waals surface area contributed by atoms with Crippen LogP contribution in [0.4, 0.5) is 0 Å². The summed E-state index contributed by atoms with van der Waals surface area (Å²) < 4.78 is 5.72. The molecule has 144 valence electrons. The van der Waals surface area contributed by atoms with Crippen LogP contribution in [0.3, 0.4) is 0 Å². The van der Waals surface area contributed by atoms with Gasteiger partial charge in [-0.25, -0.2) is 0 Å². The van der Waals surface area contributed by atoms with Gasteiger partial charge in [-0.15, -0.1) is 0 Å². The van der Waals surface area contributed by atoms with Gasteiger partial charge in [-0.05, 0) is 38.5 Å². The zero-order chi connectivity index (χ0) is 19.1. The van der Waals surface area contributed by atoms with Crippen molar-refractivity contribution in [3.63, 3.8) is 0 Å². The van der Waals surface area contributed by atoms with Crippen molar-refractivity contribution in [1.82, 2.24) is 15.1 Å². The minimum atomic E-state index is -0.649. The van der Waals surface area contributed by atoms with Crippen LogP contribution in [0, 0.1) is 0 Å². The van der Waals surface area contributed by atoms with Gasteiger partial charge in [-0.3, -0.25) is 14.5 Å². The maximum absolute atomic E-state index is 12.7. The van der Waals surface area contributed by atoms with Crippen LogP contribution in [0.15, 0.2) is 18.2 Å². The van der Waals surface area contributed by atoms with E-state index in [1.807, 2.05) is 6.92 Å². The van der Waals surface area contributed by atoms with Crippen LogP contribution in [0.1, 0.15) is 20.3 Å². The van der Waals surface area contributed by atoms with Crippen molar-refractivity contribution in [2.75, 3.05) is 39.3 Å². The second kappa shape index (κ2) is 10.00. The van der Waals surface area contributed by atoms with Crippen molar-refractivity contribution in [3.05, 3.63) is 28.2 Å². The molecule has 2 rings (SSSR count). The van der Waals surface area contributed by atoms with E-state index in [1.165, 1.54) is 0 Å². The molecule has 0 radical (unpaired) electrons. The molecule has 0 aliphatic carbocycles. The smallest absolute Gasteiger partial charge is 0.263 e. The van der Waals surface area contributed by atoms with E-state index in [0.717, 1.165) is 13.0 Å². The monoisotopic (exact) mass is 401 g/mol. The van der Waals surface area contributed by atoms with Crippen molar-refractivity contribution in [3.8, 4) is 5.75 Å². The first-order valence-electron chi connectivity index (χ1n) is 8.80. The number of hydrogen-bond donors (Lipinski definition) is 1. The van der Waals surface area contributed by atoms with E-state index in [1.54, 1.807) is 30.0 Å². The van der Waals surface area contributed by atoms with Gasteiger partial charge >= 0.3 is 0 Å². The number of halogens is 2. The van der Waals surface area contributed by atoms with E-state index in [-0.39, 0.29) is 11.8 Å². The molecule has 0 aromatic heterocycles. The number of nitrogens with one attached hydrogen (secondary N) is 1. The van der Waals surface area contributed by atoms with Crippen LogP contribution in [-0.4, -0.2) is 67.0 Å². The summed E-state index contributed by atoms with van der Waals surface area (Å²) >= 11 is 12.0. The summed E-state index contributed by atoms with van der Waals surface area (Å²) in [5.74, 6) is 0.363. The molecule has 6 nitrogen and oxygen atoms in total. The van der Waals surface area contributed by atoms with Crippen LogP contribution in [0.2, 0.25) is 10.0 Å². The molecule has 1 fully saturated rings. The Morgan fingerprint density at radius 2 is 2.00 bits per heavy atom. The summed E-state index contributed by atoms with van der Waals surface area (Å²) in [6, 6.07) is 4.91. The molecule has 1 aromatic rings. The SMILES string of the molecule is CCNC(=O)CN1CCCN(C(=O)[C@@H](C)Oc2ccc(Cl)cc2Cl)CC1. The number of carbonyl (C=O) groups is 2. The maximum Gasteiger partial charge on any atom is 0.263 e. The summed E-state index contributed by atoms with van der Waals surface area (Å²) in [5.41, 5.74) is 0. The minimum Gasteiger partial charge on any atom is -0.479 e. The highest BCUT2D eigenvalue weighted by Crippen LogP contribution is 2.28. The van der Waals surface area contributed by atoms with Crippen molar-refractivity contribution >= 4 is 35.0 Å². The number of benzene rings is 1. The van der Waals surface area contributed by atoms with Gasteiger partial charge in [0.05, 0.1) is 11.6 Å². The fourth-order valence-corrected chi connectivity index (χ4v) is 3.33. The average Bonchev–Trinajstić information content (AvgIpc) is 2.82. The highest BCUT2D eigenvalue weighted by molar-refractivity contribution is 6.35. The van der Waals surface area contributed by atoms with Crippen molar-refractivity contribution in [2.45, 2.75) is 26.4 Å². The molecule has 0 spiro atoms. The van der Waals surface area contributed by atoms with Crippen LogP contribution in [-0.2, 0) is 9.59 Å². The van der Waals surface area contributed by atoms with E-state index in [2.05, 4.69) is 10.2 Å². The van der Waals surface area contributed by atoms with Crippen LogP contribution >= 0.6 is 23.2 Å². The topological polar surface area (TPSA) is 61.9 Å². The molecule has 0 unspecified atom stereocenters. The van der Waals surface area contributed by atoms with E-state index >= 15 is 0 Å². The highest BCUT2D eigenvalue weighted by Gasteiger charge is 2.25. The van der Waals surface area contributed by atoms with Gasteiger partial charge in [-0.2, -0.15) is 0 Å². The standard InChI is InChI=1S/C18H25Cl2N3O3/c1-3-21-17(24)12-22-7-4-8-23(10-9-22)18(25)13(2)26-16-6-5-14(19)11-15(16)20/h5-6,11,13H,3-4,7-10,12H2,1-2H3,(H,21,24)/t13-/m1/s1. The first-order valence-corrected chi connectivity index (χ1v) is 9.55. The lowest BCUT2D eigenvalue weighted by Crippen LogP contribution is -2.43. The maximum atomic E-state index is 12.7. The third-order valence-corrected chi connectivity index (χ3v) is 4.72. The molecule has 0 bridgehead atoms. The largest absolute Gasteiger partial charge is 0.479 e. The predicted octanol–water partition coefficient (Wildman–Crippen LogP) is 2.43. The second-order valence-electron chi connectivity index (χ2n) is 6.24. The quantitative estimate of drug-likeness (QED) is 0.794. The molecular formula is C18H25Cl2N3O3. The third-order valence-electron chi connectivity index (χ3n) is 4.19. The molecule has 0 saturated carbocycles. The summed E-state index contributed by atoms with van der Waals surface area (Å²) in [6.07, 6.45) is 0.170. The van der Waals surface area contributed by atoms with Gasteiger partial charge in [0.25, 0.3) is 5.91 Å². The Morgan fingerprint density at radius 1 is 1.23 bits per heavy atom. The predicted molar refractivity (Wildman–Crippen MR) is 103 cm³/mol. The highest BCUT2D eigenvalue weighted by atomic mass is 35.5. The number of carbonyl (C=O) groups excluding carboxylic acids is 2. The van der Waals surface area contributed by atoms with Crippen molar-refractivity contribution in [2.24, 2.45) is 0 Å². The Kier molecular flexibility index (Phi) is 8.00. The molecule has 8 heteroatoms. The summed E-state index contributed by atoms with van der Waals surface area (Å²) in [7, 11) is 0. The molecule has 2 amide bonds. The summed E-state index contributed by atoms with van der Waals surface area (Å²) in [6.45, 7) is 7.27. The number of likely N-dealkylation sites (N-methyl/N-ethyl adjacent to an activating group) is 1. The Morgan fingerprint density at radius 3 is 2.69 bits per heavy atom. The Hall–Kier alpha value is -1.50. The van der Waals surface area contributed by atoms with Gasteiger partial charge in [0.15, 0.2) is 6.10 Å². The lowest BCUT2D eigenvalue weighted by molar-refractivity contribution is -0.137. The number of amides is 2. The minimum absolute atomic E-state index is 0.0151. The van der Waals surface area contributed by atoms with Crippen molar-refractivity contribution in [1.29, 1.82) is 0 Å². The number of hydrogen-bond acceptors (Lipinski definition) is 4. The first-order chi connectivity index (χ1) is 12.4. The first kappa shape index (κ1) is 20.8. The van der Waals surface area contributed by atoms with Gasteiger partial charge in [0.2, 0.25) is 5.91 Å². The number of ether oxygens (including phenoxy) is 1. The van der Waals surface area contributed by atoms with Crippen LogP contribution in [0.5, 0.6) is 5.75 Å². The second-order valence-corrected chi connectivity index (χ2v) is 7.09. The van der Waals surface area contributed by atoms with Crippen molar-refractivity contribution < 1.29 is 14.3 Å². The molecule has 1 saturated heterocycles. The van der Waals surface area contributed by atoms with Gasteiger partial charge in [0.1, 0.15) is 5.75 Å². The van der Waals surface area contributed by atoms with E-state index in [4.69, 9.17) is 27.9 Å². The Bertz CT molecular complexity index is 642. The number of rotatable bonds is 6. The van der Waals surface area contributed by atoms with Gasteiger partial charge in [0, 0.05) is 37.7 Å². The fourth-order valence-electron chi connectivity index (χ4n) is 2.87. The molecule has 1 aliphatic heterocycles. The molecule has 1 N–H and O–H groups in total. The molecule has 1 atom stereocenters. The fraction of sp³-hybridized carbons (Fsp3) is 0.556. The molecule has 26 heavy (non-hydrogen) atoms. The molecule has 1 aromatic carbocycles. The van der Waals surface area contributed by atoms with Gasteiger partial charge < -0.3 is 15.0 Å². The lowest BCUT2D eigenvalue weighted by Gasteiger charge is -2.25. The molecular weight excluding hydrogens is 377 g/mol. The zero-order valence-electron chi connectivity index (χ0n) is 15.1. The normalized spacial score (nSPS) is 16.7. The average molecular weight is 402 g/mol. The Labute approximate surface area is 164 Å². The van der Waals surface area contributed by atoms with E-state index in [0.29, 0.717) is 48.5 Å². The molecule has 1 aliphatic rings.